The Bertz CT molecular complexity index is 1190. The molecule has 5 nitrogen and oxygen atoms in total. The number of aromatic nitrogens is 2. The summed E-state index contributed by atoms with van der Waals surface area (Å²) in [6.07, 6.45) is 5.92. The molecule has 0 N–H and O–H groups in total. The molecular formula is C27H33ClFN3O2. The Balaban J connectivity index is 2.16. The minimum Gasteiger partial charge on any atom is -0.333 e. The van der Waals surface area contributed by atoms with E-state index in [1.54, 1.807) is 18.2 Å². The molecule has 0 aliphatic rings. The predicted octanol–water partition coefficient (Wildman–Crippen LogP) is 6.84. The van der Waals surface area contributed by atoms with E-state index in [1.165, 1.54) is 22.8 Å². The van der Waals surface area contributed by atoms with Gasteiger partial charge < -0.3 is 4.90 Å². The van der Waals surface area contributed by atoms with Crippen LogP contribution in [0.3, 0.4) is 0 Å². The molecular weight excluding hydrogens is 453 g/mol. The third kappa shape index (κ3) is 5.66. The van der Waals surface area contributed by atoms with Crippen molar-refractivity contribution in [2.45, 2.75) is 71.8 Å². The van der Waals surface area contributed by atoms with Crippen LogP contribution in [0.25, 0.3) is 16.6 Å². The summed E-state index contributed by atoms with van der Waals surface area (Å²) >= 11 is 6.07. The number of amides is 1. The molecule has 1 heterocycles. The first-order chi connectivity index (χ1) is 16.4. The summed E-state index contributed by atoms with van der Waals surface area (Å²) in [6.45, 7) is 6.73. The Kier molecular flexibility index (Phi) is 9.22. The fourth-order valence-corrected chi connectivity index (χ4v) is 4.51. The molecule has 1 amide bonds. The van der Waals surface area contributed by atoms with Gasteiger partial charge in [0.25, 0.3) is 5.56 Å². The summed E-state index contributed by atoms with van der Waals surface area (Å²) in [7, 11) is 0. The van der Waals surface area contributed by atoms with Crippen molar-refractivity contribution in [3.8, 4) is 5.69 Å². The van der Waals surface area contributed by atoms with Crippen LogP contribution in [0.4, 0.5) is 4.39 Å². The molecule has 34 heavy (non-hydrogen) atoms. The summed E-state index contributed by atoms with van der Waals surface area (Å²) in [5.41, 5.74) is 0.723. The number of carbonyl (C=O) groups excluding carboxylic acids is 1. The van der Waals surface area contributed by atoms with Crippen LogP contribution in [-0.2, 0) is 4.79 Å². The fraction of sp³-hybridized carbons (Fsp3) is 0.444. The lowest BCUT2D eigenvalue weighted by atomic mass is 10.1. The number of unbranched alkanes of at least 4 members (excludes halogenated alkanes) is 3. The maximum absolute atomic E-state index is 13.9. The van der Waals surface area contributed by atoms with Gasteiger partial charge in [-0.25, -0.2) is 9.37 Å². The summed E-state index contributed by atoms with van der Waals surface area (Å²) < 4.78 is 15.4. The quantitative estimate of drug-likeness (QED) is 0.279. The highest BCUT2D eigenvalue weighted by molar-refractivity contribution is 6.30. The second-order valence-corrected chi connectivity index (χ2v) is 8.96. The van der Waals surface area contributed by atoms with Gasteiger partial charge in [0.1, 0.15) is 11.6 Å². The molecule has 182 valence electrons. The number of hydrogen-bond donors (Lipinski definition) is 0. The van der Waals surface area contributed by atoms with Gasteiger partial charge in [0.2, 0.25) is 5.91 Å². The number of benzene rings is 2. The Labute approximate surface area is 205 Å². The van der Waals surface area contributed by atoms with Crippen molar-refractivity contribution in [2.24, 2.45) is 0 Å². The van der Waals surface area contributed by atoms with Gasteiger partial charge in [-0.3, -0.25) is 14.2 Å². The maximum Gasteiger partial charge on any atom is 0.266 e. The van der Waals surface area contributed by atoms with Crippen molar-refractivity contribution in [3.05, 3.63) is 69.5 Å². The number of para-hydroxylation sites is 1. The van der Waals surface area contributed by atoms with Crippen molar-refractivity contribution < 1.29 is 9.18 Å². The van der Waals surface area contributed by atoms with Gasteiger partial charge in [-0.2, -0.15) is 0 Å². The molecule has 0 radical (unpaired) electrons. The lowest BCUT2D eigenvalue weighted by Gasteiger charge is -2.32. The van der Waals surface area contributed by atoms with Gasteiger partial charge in [0.15, 0.2) is 0 Å². The van der Waals surface area contributed by atoms with Gasteiger partial charge in [-0.15, -0.1) is 0 Å². The van der Waals surface area contributed by atoms with Crippen LogP contribution >= 0.6 is 11.6 Å². The van der Waals surface area contributed by atoms with E-state index >= 15 is 0 Å². The highest BCUT2D eigenvalue weighted by Crippen LogP contribution is 2.28. The average Bonchev–Trinajstić information content (AvgIpc) is 2.84. The molecule has 3 aromatic rings. The number of carbonyl (C=O) groups is 1. The van der Waals surface area contributed by atoms with Gasteiger partial charge >= 0.3 is 0 Å². The van der Waals surface area contributed by atoms with Gasteiger partial charge in [0.05, 0.1) is 27.7 Å². The molecule has 1 unspecified atom stereocenters. The summed E-state index contributed by atoms with van der Waals surface area (Å²) in [5.74, 6) is -0.0317. The summed E-state index contributed by atoms with van der Waals surface area (Å²) in [4.78, 5) is 33.7. The van der Waals surface area contributed by atoms with Crippen LogP contribution in [0, 0.1) is 5.82 Å². The molecule has 2 aromatic carbocycles. The minimum absolute atomic E-state index is 0.0656. The molecule has 1 aromatic heterocycles. The first-order valence-corrected chi connectivity index (χ1v) is 12.6. The number of halogens is 2. The lowest BCUT2D eigenvalue weighted by Crippen LogP contribution is -2.39. The Morgan fingerprint density at radius 2 is 1.85 bits per heavy atom. The van der Waals surface area contributed by atoms with E-state index in [1.807, 2.05) is 24.8 Å². The molecule has 0 aliphatic heterocycles. The SMILES string of the molecule is CCCCCCC(=O)N(CCC)C(CC)c1nc2ccccc2c(=O)n1-c1ccc(F)c(Cl)c1. The standard InChI is InChI=1S/C27H33ClFN3O2/c1-4-7-8-9-14-25(33)31(17-5-2)24(6-3)26-30-23-13-11-10-12-20(23)27(34)32(26)19-15-16-22(29)21(28)18-19/h10-13,15-16,18,24H,4-9,14,17H2,1-3H3. The Morgan fingerprint density at radius 3 is 2.53 bits per heavy atom. The first-order valence-electron chi connectivity index (χ1n) is 12.2. The average molecular weight is 486 g/mol. The predicted molar refractivity (Wildman–Crippen MR) is 136 cm³/mol. The monoisotopic (exact) mass is 485 g/mol. The third-order valence-electron chi connectivity index (χ3n) is 6.05. The van der Waals surface area contributed by atoms with Crippen molar-refractivity contribution >= 4 is 28.4 Å². The highest BCUT2D eigenvalue weighted by Gasteiger charge is 2.28. The third-order valence-corrected chi connectivity index (χ3v) is 6.34. The zero-order valence-electron chi connectivity index (χ0n) is 20.2. The molecule has 0 bridgehead atoms. The number of hydrogen-bond acceptors (Lipinski definition) is 3. The van der Waals surface area contributed by atoms with E-state index in [0.29, 0.717) is 41.8 Å². The van der Waals surface area contributed by atoms with Crippen molar-refractivity contribution in [2.75, 3.05) is 6.54 Å². The van der Waals surface area contributed by atoms with Crippen LogP contribution in [-0.4, -0.2) is 26.9 Å². The molecule has 0 saturated heterocycles. The second-order valence-electron chi connectivity index (χ2n) is 8.55. The van der Waals surface area contributed by atoms with E-state index in [-0.39, 0.29) is 16.5 Å². The fourth-order valence-electron chi connectivity index (χ4n) is 4.33. The number of fused-ring (bicyclic) bond motifs is 1. The molecule has 0 aliphatic carbocycles. The van der Waals surface area contributed by atoms with Gasteiger partial charge in [-0.1, -0.05) is 63.8 Å². The molecule has 7 heteroatoms. The van der Waals surface area contributed by atoms with E-state index in [0.717, 1.165) is 32.1 Å². The minimum atomic E-state index is -0.560. The van der Waals surface area contributed by atoms with E-state index in [2.05, 4.69) is 6.92 Å². The smallest absolute Gasteiger partial charge is 0.266 e. The second kappa shape index (κ2) is 12.1. The number of rotatable bonds is 11. The largest absolute Gasteiger partial charge is 0.333 e. The highest BCUT2D eigenvalue weighted by atomic mass is 35.5. The molecule has 0 spiro atoms. The van der Waals surface area contributed by atoms with Gasteiger partial charge in [-0.05, 0) is 49.6 Å². The van der Waals surface area contributed by atoms with Crippen LogP contribution in [0.1, 0.15) is 77.6 Å². The summed E-state index contributed by atoms with van der Waals surface area (Å²) in [6, 6.07) is 10.9. The molecule has 1 atom stereocenters. The Hall–Kier alpha value is -2.73. The van der Waals surface area contributed by atoms with Crippen molar-refractivity contribution in [1.82, 2.24) is 14.5 Å². The van der Waals surface area contributed by atoms with Gasteiger partial charge in [0, 0.05) is 13.0 Å². The molecule has 0 saturated carbocycles. The molecule has 3 rings (SSSR count). The first kappa shape index (κ1) is 25.9. The maximum atomic E-state index is 13.9. The van der Waals surface area contributed by atoms with Crippen molar-refractivity contribution in [1.29, 1.82) is 0 Å². The summed E-state index contributed by atoms with van der Waals surface area (Å²) in [5, 5.41) is 0.378. The van der Waals surface area contributed by atoms with Crippen LogP contribution in [0.5, 0.6) is 0 Å². The topological polar surface area (TPSA) is 55.2 Å². The molecule has 0 fully saturated rings. The Morgan fingerprint density at radius 1 is 1.09 bits per heavy atom. The van der Waals surface area contributed by atoms with Crippen molar-refractivity contribution in [3.63, 3.8) is 0 Å². The lowest BCUT2D eigenvalue weighted by molar-refractivity contribution is -0.134. The van der Waals surface area contributed by atoms with Crippen LogP contribution in [0.2, 0.25) is 5.02 Å². The van der Waals surface area contributed by atoms with E-state index < -0.39 is 11.9 Å². The normalized spacial score (nSPS) is 12.1. The zero-order valence-corrected chi connectivity index (χ0v) is 20.9. The van der Waals surface area contributed by atoms with E-state index in [4.69, 9.17) is 16.6 Å². The zero-order chi connectivity index (χ0) is 24.7. The number of nitrogens with zero attached hydrogens (tertiary/aromatic N) is 3. The van der Waals surface area contributed by atoms with Crippen LogP contribution in [0.15, 0.2) is 47.3 Å². The van der Waals surface area contributed by atoms with E-state index in [9.17, 15) is 14.0 Å². The van der Waals surface area contributed by atoms with Crippen LogP contribution < -0.4 is 5.56 Å².